The van der Waals surface area contributed by atoms with Gasteiger partial charge in [0.05, 0.1) is 5.60 Å². The van der Waals surface area contributed by atoms with Crippen molar-refractivity contribution in [3.63, 3.8) is 0 Å². The molecule has 2 rings (SSSR count). The van der Waals surface area contributed by atoms with Crippen LogP contribution in [-0.4, -0.2) is 36.4 Å². The van der Waals surface area contributed by atoms with Crippen LogP contribution < -0.4 is 5.32 Å². The van der Waals surface area contributed by atoms with E-state index in [1.807, 2.05) is 0 Å². The molecular weight excluding hydrogens is 242 g/mol. The predicted octanol–water partition coefficient (Wildman–Crippen LogP) is 1.86. The van der Waals surface area contributed by atoms with Crippen LogP contribution in [-0.2, 0) is 9.53 Å². The molecule has 0 unspecified atom stereocenters. The topological polar surface area (TPSA) is 58.6 Å². The third kappa shape index (κ3) is 4.18. The maximum atomic E-state index is 12.0. The quantitative estimate of drug-likeness (QED) is 0.819. The van der Waals surface area contributed by atoms with Crippen molar-refractivity contribution in [2.75, 3.05) is 19.8 Å². The third-order valence-corrected chi connectivity index (χ3v) is 4.80. The summed E-state index contributed by atoms with van der Waals surface area (Å²) >= 11 is 0. The SMILES string of the molecule is CCC1CCC(O)(CNC(=O)C2CCOCC2)CC1. The summed E-state index contributed by atoms with van der Waals surface area (Å²) in [6.45, 7) is 3.99. The van der Waals surface area contributed by atoms with Gasteiger partial charge in [-0.1, -0.05) is 13.3 Å². The lowest BCUT2D eigenvalue weighted by molar-refractivity contribution is -0.129. The fraction of sp³-hybridized carbons (Fsp3) is 0.933. The molecule has 2 aliphatic rings. The summed E-state index contributed by atoms with van der Waals surface area (Å²) in [4.78, 5) is 12.0. The molecule has 0 aromatic rings. The molecule has 0 bridgehead atoms. The van der Waals surface area contributed by atoms with Gasteiger partial charge in [0.25, 0.3) is 0 Å². The van der Waals surface area contributed by atoms with Crippen LogP contribution in [0.2, 0.25) is 0 Å². The zero-order valence-electron chi connectivity index (χ0n) is 12.0. The third-order valence-electron chi connectivity index (χ3n) is 4.80. The van der Waals surface area contributed by atoms with E-state index in [4.69, 9.17) is 4.74 Å². The molecule has 0 aromatic carbocycles. The van der Waals surface area contributed by atoms with Crippen LogP contribution in [0.1, 0.15) is 51.9 Å². The van der Waals surface area contributed by atoms with Crippen LogP contribution >= 0.6 is 0 Å². The summed E-state index contributed by atoms with van der Waals surface area (Å²) in [5.74, 6) is 0.921. The first-order chi connectivity index (χ1) is 9.13. The van der Waals surface area contributed by atoms with E-state index in [9.17, 15) is 9.90 Å². The highest BCUT2D eigenvalue weighted by Gasteiger charge is 2.33. The van der Waals surface area contributed by atoms with Crippen molar-refractivity contribution < 1.29 is 14.6 Å². The Kier molecular flexibility index (Phi) is 5.22. The second-order valence-electron chi connectivity index (χ2n) is 6.18. The molecule has 1 saturated heterocycles. The average molecular weight is 269 g/mol. The second kappa shape index (κ2) is 6.71. The molecule has 0 atom stereocenters. The number of nitrogens with one attached hydrogen (secondary N) is 1. The smallest absolute Gasteiger partial charge is 0.223 e. The molecule has 1 aliphatic heterocycles. The number of rotatable bonds is 4. The maximum absolute atomic E-state index is 12.0. The van der Waals surface area contributed by atoms with Gasteiger partial charge >= 0.3 is 0 Å². The van der Waals surface area contributed by atoms with E-state index >= 15 is 0 Å². The summed E-state index contributed by atoms with van der Waals surface area (Å²) in [5, 5.41) is 13.4. The van der Waals surface area contributed by atoms with E-state index in [0.29, 0.717) is 19.8 Å². The first-order valence-corrected chi connectivity index (χ1v) is 7.71. The minimum atomic E-state index is -0.674. The predicted molar refractivity (Wildman–Crippen MR) is 73.8 cm³/mol. The Labute approximate surface area is 115 Å². The van der Waals surface area contributed by atoms with Crippen LogP contribution in [0.4, 0.5) is 0 Å². The van der Waals surface area contributed by atoms with Crippen LogP contribution in [0.3, 0.4) is 0 Å². The van der Waals surface area contributed by atoms with Crippen molar-refractivity contribution >= 4 is 5.91 Å². The maximum Gasteiger partial charge on any atom is 0.223 e. The molecule has 4 heteroatoms. The zero-order chi connectivity index (χ0) is 13.7. The van der Waals surface area contributed by atoms with Gasteiger partial charge in [-0.2, -0.15) is 0 Å². The Morgan fingerprint density at radius 1 is 1.26 bits per heavy atom. The van der Waals surface area contributed by atoms with E-state index in [1.165, 1.54) is 6.42 Å². The molecule has 2 N–H and O–H groups in total. The van der Waals surface area contributed by atoms with Crippen molar-refractivity contribution in [2.24, 2.45) is 11.8 Å². The van der Waals surface area contributed by atoms with E-state index < -0.39 is 5.60 Å². The lowest BCUT2D eigenvalue weighted by Gasteiger charge is -2.36. The van der Waals surface area contributed by atoms with E-state index in [-0.39, 0.29) is 11.8 Å². The Bertz CT molecular complexity index is 292. The molecule has 1 aliphatic carbocycles. The number of carbonyl (C=O) groups is 1. The fourth-order valence-corrected chi connectivity index (χ4v) is 3.16. The normalized spacial score (nSPS) is 33.1. The molecule has 1 amide bonds. The first kappa shape index (κ1) is 14.8. The van der Waals surface area contributed by atoms with E-state index in [0.717, 1.165) is 44.4 Å². The molecule has 0 aromatic heterocycles. The van der Waals surface area contributed by atoms with Crippen molar-refractivity contribution in [1.29, 1.82) is 0 Å². The number of ether oxygens (including phenoxy) is 1. The summed E-state index contributed by atoms with van der Waals surface area (Å²) in [6.07, 6.45) is 6.62. The molecule has 2 fully saturated rings. The molecule has 19 heavy (non-hydrogen) atoms. The highest BCUT2D eigenvalue weighted by molar-refractivity contribution is 5.78. The summed E-state index contributed by atoms with van der Waals surface area (Å²) in [6, 6.07) is 0. The van der Waals surface area contributed by atoms with Crippen LogP contribution in [0.25, 0.3) is 0 Å². The number of aliphatic hydroxyl groups is 1. The summed E-state index contributed by atoms with van der Waals surface area (Å²) in [7, 11) is 0. The first-order valence-electron chi connectivity index (χ1n) is 7.71. The lowest BCUT2D eigenvalue weighted by atomic mass is 9.78. The molecule has 0 radical (unpaired) electrons. The highest BCUT2D eigenvalue weighted by atomic mass is 16.5. The monoisotopic (exact) mass is 269 g/mol. The average Bonchev–Trinajstić information content (AvgIpc) is 2.47. The summed E-state index contributed by atoms with van der Waals surface area (Å²) < 4.78 is 5.26. The van der Waals surface area contributed by atoms with Gasteiger partial charge in [0.2, 0.25) is 5.91 Å². The standard InChI is InChI=1S/C15H27NO3/c1-2-12-3-7-15(18,8-4-12)11-16-14(17)13-5-9-19-10-6-13/h12-13,18H,2-11H2,1H3,(H,16,17). The van der Waals surface area contributed by atoms with Gasteiger partial charge in [0.1, 0.15) is 0 Å². The van der Waals surface area contributed by atoms with Gasteiger partial charge in [-0.25, -0.2) is 0 Å². The molecule has 110 valence electrons. The number of carbonyl (C=O) groups excluding carboxylic acids is 1. The van der Waals surface area contributed by atoms with E-state index in [1.54, 1.807) is 0 Å². The fourth-order valence-electron chi connectivity index (χ4n) is 3.16. The van der Waals surface area contributed by atoms with Crippen molar-refractivity contribution in [3.05, 3.63) is 0 Å². The highest BCUT2D eigenvalue weighted by Crippen LogP contribution is 2.33. The van der Waals surface area contributed by atoms with Gasteiger partial charge in [0.15, 0.2) is 0 Å². The van der Waals surface area contributed by atoms with Gasteiger partial charge < -0.3 is 15.2 Å². The number of hydrogen-bond donors (Lipinski definition) is 2. The van der Waals surface area contributed by atoms with Crippen molar-refractivity contribution in [2.45, 2.75) is 57.5 Å². The van der Waals surface area contributed by atoms with Gasteiger partial charge in [0, 0.05) is 25.7 Å². The Morgan fingerprint density at radius 3 is 2.47 bits per heavy atom. The summed E-state index contributed by atoms with van der Waals surface area (Å²) in [5.41, 5.74) is -0.674. The molecule has 1 saturated carbocycles. The van der Waals surface area contributed by atoms with Crippen LogP contribution in [0, 0.1) is 11.8 Å². The molecular formula is C15H27NO3. The number of amides is 1. The van der Waals surface area contributed by atoms with Gasteiger partial charge in [-0.3, -0.25) is 4.79 Å². The van der Waals surface area contributed by atoms with E-state index in [2.05, 4.69) is 12.2 Å². The molecule has 1 heterocycles. The zero-order valence-corrected chi connectivity index (χ0v) is 12.0. The Hall–Kier alpha value is -0.610. The Balaban J connectivity index is 1.73. The van der Waals surface area contributed by atoms with Gasteiger partial charge in [-0.05, 0) is 44.4 Å². The van der Waals surface area contributed by atoms with Crippen molar-refractivity contribution in [1.82, 2.24) is 5.32 Å². The van der Waals surface area contributed by atoms with Gasteiger partial charge in [-0.15, -0.1) is 0 Å². The van der Waals surface area contributed by atoms with Crippen LogP contribution in [0.15, 0.2) is 0 Å². The lowest BCUT2D eigenvalue weighted by Crippen LogP contribution is -2.47. The second-order valence-corrected chi connectivity index (χ2v) is 6.18. The van der Waals surface area contributed by atoms with Crippen LogP contribution in [0.5, 0.6) is 0 Å². The molecule has 4 nitrogen and oxygen atoms in total. The minimum absolute atomic E-state index is 0.0735. The largest absolute Gasteiger partial charge is 0.388 e. The van der Waals surface area contributed by atoms with Crippen molar-refractivity contribution in [3.8, 4) is 0 Å². The molecule has 0 spiro atoms. The number of hydrogen-bond acceptors (Lipinski definition) is 3. The minimum Gasteiger partial charge on any atom is -0.388 e. The Morgan fingerprint density at radius 2 is 1.89 bits per heavy atom.